The van der Waals surface area contributed by atoms with Crippen molar-refractivity contribution in [1.82, 2.24) is 9.29 Å². The lowest BCUT2D eigenvalue weighted by molar-refractivity contribution is 0.407. The zero-order chi connectivity index (χ0) is 13.3. The van der Waals surface area contributed by atoms with E-state index in [1.54, 1.807) is 19.1 Å². The zero-order valence-corrected chi connectivity index (χ0v) is 12.1. The second-order valence-corrected chi connectivity index (χ2v) is 7.50. The van der Waals surface area contributed by atoms with Crippen LogP contribution < -0.4 is 0 Å². The number of sulfonamides is 1. The van der Waals surface area contributed by atoms with E-state index in [0.717, 1.165) is 11.3 Å². The minimum absolute atomic E-state index is 0.168. The lowest BCUT2D eigenvalue weighted by Crippen LogP contribution is -2.26. The highest BCUT2D eigenvalue weighted by Crippen LogP contribution is 2.29. The lowest BCUT2D eigenvalue weighted by atomic mass is 10.4. The third-order valence-corrected chi connectivity index (χ3v) is 5.98. The van der Waals surface area contributed by atoms with E-state index in [4.69, 9.17) is 16.0 Å². The third kappa shape index (κ3) is 2.59. The Balaban J connectivity index is 2.28. The summed E-state index contributed by atoms with van der Waals surface area (Å²) in [5, 5.41) is 0. The molecule has 5 nitrogen and oxygen atoms in total. The van der Waals surface area contributed by atoms with Crippen LogP contribution in [-0.2, 0) is 16.6 Å². The van der Waals surface area contributed by atoms with Crippen LogP contribution in [-0.4, -0.2) is 24.8 Å². The predicted molar refractivity (Wildman–Crippen MR) is 69.2 cm³/mol. The van der Waals surface area contributed by atoms with Crippen molar-refractivity contribution in [2.75, 3.05) is 7.05 Å². The van der Waals surface area contributed by atoms with Gasteiger partial charge in [0.2, 0.25) is 0 Å². The molecule has 0 aliphatic carbocycles. The number of aryl methyl sites for hydroxylation is 1. The summed E-state index contributed by atoms with van der Waals surface area (Å²) in [4.78, 5) is 3.91. The number of rotatable bonds is 4. The van der Waals surface area contributed by atoms with E-state index in [2.05, 4.69) is 4.98 Å². The maximum atomic E-state index is 12.3. The number of hydrogen-bond acceptors (Lipinski definition) is 5. The van der Waals surface area contributed by atoms with Crippen LogP contribution in [0.25, 0.3) is 0 Å². The van der Waals surface area contributed by atoms with Crippen LogP contribution in [0.15, 0.2) is 27.0 Å². The topological polar surface area (TPSA) is 63.4 Å². The molecule has 0 radical (unpaired) electrons. The van der Waals surface area contributed by atoms with Crippen molar-refractivity contribution in [3.63, 3.8) is 0 Å². The van der Waals surface area contributed by atoms with Gasteiger partial charge in [-0.3, -0.25) is 0 Å². The quantitative estimate of drug-likeness (QED) is 0.870. The highest BCUT2D eigenvalue weighted by atomic mass is 35.5. The second kappa shape index (κ2) is 5.00. The fourth-order valence-corrected chi connectivity index (χ4v) is 4.50. The van der Waals surface area contributed by atoms with Crippen LogP contribution in [0.1, 0.15) is 11.5 Å². The van der Waals surface area contributed by atoms with Gasteiger partial charge in [0.15, 0.2) is 8.68 Å². The van der Waals surface area contributed by atoms with Gasteiger partial charge in [0.1, 0.15) is 5.76 Å². The average Bonchev–Trinajstić information content (AvgIpc) is 2.88. The van der Waals surface area contributed by atoms with E-state index in [0.29, 0.717) is 11.5 Å². The molecule has 0 N–H and O–H groups in total. The molecule has 0 spiro atoms. The van der Waals surface area contributed by atoms with Crippen molar-refractivity contribution < 1.29 is 12.8 Å². The Hall–Kier alpha value is -0.890. The molecular formula is C10H11ClN2O3S2. The van der Waals surface area contributed by atoms with Crippen molar-refractivity contribution >= 4 is 33.0 Å². The van der Waals surface area contributed by atoms with Gasteiger partial charge < -0.3 is 4.42 Å². The summed E-state index contributed by atoms with van der Waals surface area (Å²) in [5.41, 5.74) is 0.413. The molecule has 98 valence electrons. The largest absolute Gasteiger partial charge is 0.468 e. The number of nitrogens with zero attached hydrogens (tertiary/aromatic N) is 2. The molecule has 8 heteroatoms. The predicted octanol–water partition coefficient (Wildman–Crippen LogP) is 2.52. The van der Waals surface area contributed by atoms with Crippen LogP contribution >= 0.6 is 22.9 Å². The number of thiazole rings is 1. The fourth-order valence-electron chi connectivity index (χ4n) is 1.44. The van der Waals surface area contributed by atoms with Gasteiger partial charge >= 0.3 is 0 Å². The van der Waals surface area contributed by atoms with E-state index in [1.165, 1.54) is 17.6 Å². The van der Waals surface area contributed by atoms with Gasteiger partial charge in [-0.25, -0.2) is 13.4 Å². The van der Waals surface area contributed by atoms with E-state index in [-0.39, 0.29) is 15.2 Å². The molecule has 2 heterocycles. The van der Waals surface area contributed by atoms with Crippen molar-refractivity contribution in [3.05, 3.63) is 34.3 Å². The monoisotopic (exact) mass is 306 g/mol. The maximum absolute atomic E-state index is 12.3. The maximum Gasteiger partial charge on any atom is 0.254 e. The van der Waals surface area contributed by atoms with Crippen molar-refractivity contribution in [2.24, 2.45) is 0 Å². The minimum atomic E-state index is -3.58. The first kappa shape index (κ1) is 13.5. The van der Waals surface area contributed by atoms with Gasteiger partial charge in [0.05, 0.1) is 18.5 Å². The molecule has 2 aromatic heterocycles. The van der Waals surface area contributed by atoms with Crippen LogP contribution in [0, 0.1) is 6.92 Å². The number of aromatic nitrogens is 1. The Morgan fingerprint density at radius 1 is 1.56 bits per heavy atom. The summed E-state index contributed by atoms with van der Waals surface area (Å²) in [5.74, 6) is 0.578. The molecule has 0 amide bonds. The van der Waals surface area contributed by atoms with E-state index in [9.17, 15) is 8.42 Å². The smallest absolute Gasteiger partial charge is 0.254 e. The van der Waals surface area contributed by atoms with E-state index in [1.807, 2.05) is 0 Å². The fraction of sp³-hybridized carbons (Fsp3) is 0.300. The molecule has 0 saturated carbocycles. The van der Waals surface area contributed by atoms with Crippen molar-refractivity contribution in [2.45, 2.75) is 17.7 Å². The Labute approximate surface area is 114 Å². The third-order valence-electron chi connectivity index (χ3n) is 2.33. The van der Waals surface area contributed by atoms with Crippen LogP contribution in [0.2, 0.25) is 4.47 Å². The van der Waals surface area contributed by atoms with Gasteiger partial charge in [-0.05, 0) is 19.1 Å². The SMILES string of the molecule is Cc1nc(Cl)sc1S(=O)(=O)N(C)Cc1ccco1. The molecule has 0 bridgehead atoms. The minimum Gasteiger partial charge on any atom is -0.468 e. The van der Waals surface area contributed by atoms with Gasteiger partial charge in [-0.1, -0.05) is 22.9 Å². The Morgan fingerprint density at radius 3 is 2.78 bits per heavy atom. The highest BCUT2D eigenvalue weighted by Gasteiger charge is 2.26. The summed E-state index contributed by atoms with van der Waals surface area (Å²) in [6.45, 7) is 1.79. The molecule has 0 aliphatic rings. The standard InChI is InChI=1S/C10H11ClN2O3S2/c1-7-9(17-10(11)12-7)18(14,15)13(2)6-8-4-3-5-16-8/h3-5H,6H2,1-2H3. The Bertz CT molecular complexity index is 634. The summed E-state index contributed by atoms with van der Waals surface area (Å²) in [6, 6.07) is 3.43. The molecule has 2 rings (SSSR count). The van der Waals surface area contributed by atoms with Crippen LogP contribution in [0.4, 0.5) is 0 Å². The summed E-state index contributed by atoms with van der Waals surface area (Å²) in [7, 11) is -2.09. The van der Waals surface area contributed by atoms with E-state index >= 15 is 0 Å². The number of furan rings is 1. The van der Waals surface area contributed by atoms with Gasteiger partial charge in [-0.15, -0.1) is 0 Å². The number of hydrogen-bond donors (Lipinski definition) is 0. The van der Waals surface area contributed by atoms with Crippen molar-refractivity contribution in [3.8, 4) is 0 Å². The van der Waals surface area contributed by atoms with Crippen LogP contribution in [0.3, 0.4) is 0 Å². The molecule has 2 aromatic rings. The second-order valence-electron chi connectivity index (χ2n) is 3.68. The first-order valence-corrected chi connectivity index (χ1v) is 7.66. The highest BCUT2D eigenvalue weighted by molar-refractivity contribution is 7.91. The molecular weight excluding hydrogens is 296 g/mol. The lowest BCUT2D eigenvalue weighted by Gasteiger charge is -2.14. The molecule has 0 fully saturated rings. The summed E-state index contributed by atoms with van der Waals surface area (Å²) in [6.07, 6.45) is 1.50. The summed E-state index contributed by atoms with van der Waals surface area (Å²) < 4.78 is 31.3. The van der Waals surface area contributed by atoms with Crippen LogP contribution in [0.5, 0.6) is 0 Å². The summed E-state index contributed by atoms with van der Waals surface area (Å²) >= 11 is 6.68. The Morgan fingerprint density at radius 2 is 2.28 bits per heavy atom. The average molecular weight is 307 g/mol. The normalized spacial score (nSPS) is 12.2. The van der Waals surface area contributed by atoms with Crippen molar-refractivity contribution in [1.29, 1.82) is 0 Å². The molecule has 0 saturated heterocycles. The number of halogens is 1. The van der Waals surface area contributed by atoms with Gasteiger partial charge in [0.25, 0.3) is 10.0 Å². The first-order chi connectivity index (χ1) is 8.41. The van der Waals surface area contributed by atoms with Gasteiger partial charge in [-0.2, -0.15) is 4.31 Å². The Kier molecular flexibility index (Phi) is 3.76. The zero-order valence-electron chi connectivity index (χ0n) is 9.75. The van der Waals surface area contributed by atoms with Gasteiger partial charge in [0, 0.05) is 7.05 Å². The molecule has 0 aliphatic heterocycles. The van der Waals surface area contributed by atoms with E-state index < -0.39 is 10.0 Å². The molecule has 0 atom stereocenters. The molecule has 0 unspecified atom stereocenters. The molecule has 18 heavy (non-hydrogen) atoms. The first-order valence-electron chi connectivity index (χ1n) is 5.03. The molecule has 0 aromatic carbocycles.